The SMILES string of the molecule is CC(Oc1nc(C(=O)Nc2ccccc2N2CCC(N)CC2)cs1)c1c(Cl)ccc(F)c1Cl. The topological polar surface area (TPSA) is 80.5 Å². The minimum Gasteiger partial charge on any atom is -0.462 e. The number of nitrogens with zero attached hydrogens (tertiary/aromatic N) is 2. The Morgan fingerprint density at radius 1 is 1.27 bits per heavy atom. The largest absolute Gasteiger partial charge is 0.462 e. The summed E-state index contributed by atoms with van der Waals surface area (Å²) in [7, 11) is 0. The van der Waals surface area contributed by atoms with Crippen LogP contribution in [0.25, 0.3) is 0 Å². The number of para-hydroxylation sites is 2. The second-order valence-electron chi connectivity index (χ2n) is 7.81. The van der Waals surface area contributed by atoms with Crippen molar-refractivity contribution < 1.29 is 13.9 Å². The van der Waals surface area contributed by atoms with Gasteiger partial charge in [0, 0.05) is 35.1 Å². The number of halogens is 3. The highest BCUT2D eigenvalue weighted by Crippen LogP contribution is 2.36. The third-order valence-corrected chi connectivity index (χ3v) is 6.96. The van der Waals surface area contributed by atoms with E-state index in [1.165, 1.54) is 12.1 Å². The number of ether oxygens (including phenoxy) is 1. The van der Waals surface area contributed by atoms with Gasteiger partial charge in [-0.25, -0.2) is 4.39 Å². The summed E-state index contributed by atoms with van der Waals surface area (Å²) in [5.74, 6) is -0.934. The van der Waals surface area contributed by atoms with Gasteiger partial charge in [0.25, 0.3) is 11.1 Å². The number of nitrogens with one attached hydrogen (secondary N) is 1. The van der Waals surface area contributed by atoms with E-state index in [1.54, 1.807) is 12.3 Å². The number of piperidine rings is 1. The van der Waals surface area contributed by atoms with E-state index < -0.39 is 11.9 Å². The fourth-order valence-corrected chi connectivity index (χ4v) is 5.12. The van der Waals surface area contributed by atoms with Crippen LogP contribution in [0.5, 0.6) is 5.19 Å². The fraction of sp³-hybridized carbons (Fsp3) is 0.304. The van der Waals surface area contributed by atoms with E-state index in [1.807, 2.05) is 24.3 Å². The van der Waals surface area contributed by atoms with E-state index in [-0.39, 0.29) is 27.9 Å². The van der Waals surface area contributed by atoms with Gasteiger partial charge in [0.2, 0.25) is 0 Å². The lowest BCUT2D eigenvalue weighted by molar-refractivity contribution is 0.102. The summed E-state index contributed by atoms with van der Waals surface area (Å²) in [6, 6.07) is 10.5. The highest BCUT2D eigenvalue weighted by Gasteiger charge is 2.22. The molecule has 33 heavy (non-hydrogen) atoms. The molecule has 0 radical (unpaired) electrons. The van der Waals surface area contributed by atoms with Gasteiger partial charge in [-0.05, 0) is 44.0 Å². The average Bonchev–Trinajstić information content (AvgIpc) is 3.26. The summed E-state index contributed by atoms with van der Waals surface area (Å²) in [6.45, 7) is 3.37. The minimum absolute atomic E-state index is 0.0974. The Morgan fingerprint density at radius 2 is 2.00 bits per heavy atom. The number of benzene rings is 2. The summed E-state index contributed by atoms with van der Waals surface area (Å²) < 4.78 is 19.6. The quantitative estimate of drug-likeness (QED) is 0.404. The maximum absolute atomic E-state index is 13.8. The molecule has 1 fully saturated rings. The highest BCUT2D eigenvalue weighted by atomic mass is 35.5. The van der Waals surface area contributed by atoms with Crippen LogP contribution in [0, 0.1) is 5.82 Å². The predicted molar refractivity (Wildman–Crippen MR) is 131 cm³/mol. The molecule has 10 heteroatoms. The molecule has 0 spiro atoms. The number of amides is 1. The molecule has 1 amide bonds. The molecule has 0 bridgehead atoms. The van der Waals surface area contributed by atoms with Gasteiger partial charge in [0.1, 0.15) is 17.6 Å². The molecular weight excluding hydrogens is 486 g/mol. The standard InChI is InChI=1S/C23H23Cl2FN4O2S/c1-13(20-15(24)6-7-16(26)21(20)25)32-23-29-18(12-33-23)22(31)28-17-4-2-3-5-19(17)30-10-8-14(27)9-11-30/h2-7,12-14H,8-11,27H2,1H3,(H,28,31). The molecular formula is C23H23Cl2FN4O2S. The van der Waals surface area contributed by atoms with Gasteiger partial charge in [-0.15, -0.1) is 0 Å². The summed E-state index contributed by atoms with van der Waals surface area (Å²) in [5, 5.41) is 5.00. The number of hydrogen-bond acceptors (Lipinski definition) is 6. The Hall–Kier alpha value is -2.39. The molecule has 0 saturated carbocycles. The number of carbonyl (C=O) groups is 1. The zero-order chi connectivity index (χ0) is 23.5. The van der Waals surface area contributed by atoms with Crippen molar-refractivity contribution in [3.63, 3.8) is 0 Å². The number of carbonyl (C=O) groups excluding carboxylic acids is 1. The molecule has 1 aliphatic heterocycles. The normalized spacial score (nSPS) is 15.4. The number of anilines is 2. The van der Waals surface area contributed by atoms with Crippen LogP contribution in [-0.2, 0) is 0 Å². The van der Waals surface area contributed by atoms with Crippen LogP contribution in [-0.4, -0.2) is 30.0 Å². The van der Waals surface area contributed by atoms with Gasteiger partial charge in [0.05, 0.1) is 16.4 Å². The molecule has 3 N–H and O–H groups in total. The van der Waals surface area contributed by atoms with E-state index in [0.717, 1.165) is 43.0 Å². The first-order valence-corrected chi connectivity index (χ1v) is 12.1. The van der Waals surface area contributed by atoms with E-state index >= 15 is 0 Å². The van der Waals surface area contributed by atoms with Crippen molar-refractivity contribution in [3.05, 3.63) is 68.9 Å². The second-order valence-corrected chi connectivity index (χ2v) is 9.42. The molecule has 1 unspecified atom stereocenters. The molecule has 2 heterocycles. The average molecular weight is 509 g/mol. The molecule has 3 aromatic rings. The molecule has 1 atom stereocenters. The Kier molecular flexibility index (Phi) is 7.38. The third kappa shape index (κ3) is 5.41. The first-order chi connectivity index (χ1) is 15.8. The molecule has 0 aliphatic carbocycles. The van der Waals surface area contributed by atoms with Crippen LogP contribution in [0.2, 0.25) is 10.0 Å². The number of hydrogen-bond donors (Lipinski definition) is 2. The maximum Gasteiger partial charge on any atom is 0.275 e. The van der Waals surface area contributed by atoms with E-state index in [0.29, 0.717) is 16.3 Å². The maximum atomic E-state index is 13.8. The van der Waals surface area contributed by atoms with Crippen LogP contribution in [0.1, 0.15) is 41.9 Å². The number of aromatic nitrogens is 1. The van der Waals surface area contributed by atoms with Gasteiger partial charge in [-0.2, -0.15) is 4.98 Å². The lowest BCUT2D eigenvalue weighted by Crippen LogP contribution is -2.40. The zero-order valence-corrected chi connectivity index (χ0v) is 20.2. The van der Waals surface area contributed by atoms with E-state index in [4.69, 9.17) is 33.7 Å². The van der Waals surface area contributed by atoms with Crippen molar-refractivity contribution in [1.82, 2.24) is 4.98 Å². The van der Waals surface area contributed by atoms with Gasteiger partial charge < -0.3 is 20.7 Å². The molecule has 2 aromatic carbocycles. The highest BCUT2D eigenvalue weighted by molar-refractivity contribution is 7.11. The summed E-state index contributed by atoms with van der Waals surface area (Å²) in [5.41, 5.74) is 8.22. The number of nitrogens with two attached hydrogens (primary N) is 1. The van der Waals surface area contributed by atoms with E-state index in [2.05, 4.69) is 15.2 Å². The van der Waals surface area contributed by atoms with Crippen molar-refractivity contribution in [2.24, 2.45) is 5.73 Å². The monoisotopic (exact) mass is 508 g/mol. The molecule has 4 rings (SSSR count). The van der Waals surface area contributed by atoms with Crippen LogP contribution in [0.15, 0.2) is 41.8 Å². The molecule has 1 aromatic heterocycles. The van der Waals surface area contributed by atoms with Crippen molar-refractivity contribution in [2.75, 3.05) is 23.3 Å². The smallest absolute Gasteiger partial charge is 0.275 e. The lowest BCUT2D eigenvalue weighted by atomic mass is 10.0. The van der Waals surface area contributed by atoms with Crippen LogP contribution in [0.3, 0.4) is 0 Å². The number of thiazole rings is 1. The Labute approximate surface area is 205 Å². The minimum atomic E-state index is -0.658. The fourth-order valence-electron chi connectivity index (χ4n) is 3.72. The molecule has 174 valence electrons. The van der Waals surface area contributed by atoms with Gasteiger partial charge in [0.15, 0.2) is 0 Å². The zero-order valence-electron chi connectivity index (χ0n) is 17.9. The predicted octanol–water partition coefficient (Wildman–Crippen LogP) is 5.91. The second kappa shape index (κ2) is 10.3. The van der Waals surface area contributed by atoms with Crippen LogP contribution < -0.4 is 20.7 Å². The molecule has 1 saturated heterocycles. The summed E-state index contributed by atoms with van der Waals surface area (Å²) in [6.07, 6.45) is 1.16. The summed E-state index contributed by atoms with van der Waals surface area (Å²) >= 11 is 13.4. The number of rotatable bonds is 6. The van der Waals surface area contributed by atoms with E-state index in [9.17, 15) is 9.18 Å². The lowest BCUT2D eigenvalue weighted by Gasteiger charge is -2.33. The van der Waals surface area contributed by atoms with Crippen molar-refractivity contribution in [1.29, 1.82) is 0 Å². The van der Waals surface area contributed by atoms with Crippen LogP contribution >= 0.6 is 34.5 Å². The summed E-state index contributed by atoms with van der Waals surface area (Å²) in [4.78, 5) is 19.4. The molecule has 1 aliphatic rings. The van der Waals surface area contributed by atoms with Crippen molar-refractivity contribution in [2.45, 2.75) is 31.9 Å². The van der Waals surface area contributed by atoms with Crippen molar-refractivity contribution >= 4 is 51.8 Å². The van der Waals surface area contributed by atoms with Gasteiger partial charge in [-0.3, -0.25) is 4.79 Å². The Bertz CT molecular complexity index is 1150. The first kappa shape index (κ1) is 23.8. The Morgan fingerprint density at radius 3 is 2.76 bits per heavy atom. The van der Waals surface area contributed by atoms with Gasteiger partial charge >= 0.3 is 0 Å². The first-order valence-electron chi connectivity index (χ1n) is 10.5. The van der Waals surface area contributed by atoms with Crippen molar-refractivity contribution in [3.8, 4) is 5.19 Å². The molecule has 6 nitrogen and oxygen atoms in total. The third-order valence-electron chi connectivity index (χ3n) is 5.51. The van der Waals surface area contributed by atoms with Gasteiger partial charge in [-0.1, -0.05) is 46.7 Å². The van der Waals surface area contributed by atoms with Crippen LogP contribution in [0.4, 0.5) is 15.8 Å². The Balaban J connectivity index is 1.46.